The van der Waals surface area contributed by atoms with Crippen LogP contribution in [0.3, 0.4) is 0 Å². The molecule has 0 bridgehead atoms. The molecule has 0 saturated carbocycles. The van der Waals surface area contributed by atoms with Gasteiger partial charge in [0.25, 0.3) is 5.91 Å². The Labute approximate surface area is 177 Å². The van der Waals surface area contributed by atoms with Crippen molar-refractivity contribution in [3.05, 3.63) is 70.2 Å². The molecule has 156 valence electrons. The number of nitrogens with one attached hydrogen (secondary N) is 1. The molecular formula is C21H26ClN3O3S. The maximum atomic E-state index is 12.5. The van der Waals surface area contributed by atoms with Gasteiger partial charge in [0.2, 0.25) is 10.0 Å². The monoisotopic (exact) mass is 435 g/mol. The lowest BCUT2D eigenvalue weighted by atomic mass is 10.1. The summed E-state index contributed by atoms with van der Waals surface area (Å²) in [5, 5.41) is 3.59. The van der Waals surface area contributed by atoms with Crippen LogP contribution in [0, 0.1) is 0 Å². The molecule has 1 aliphatic heterocycles. The molecule has 6 nitrogen and oxygen atoms in total. The van der Waals surface area contributed by atoms with Crippen molar-refractivity contribution in [1.29, 1.82) is 0 Å². The number of benzene rings is 2. The van der Waals surface area contributed by atoms with Crippen LogP contribution in [0.4, 0.5) is 0 Å². The summed E-state index contributed by atoms with van der Waals surface area (Å²) in [6.45, 7) is 5.20. The molecule has 8 heteroatoms. The Balaban J connectivity index is 1.54. The smallest absolute Gasteiger partial charge is 0.251 e. The Kier molecular flexibility index (Phi) is 7.29. The highest BCUT2D eigenvalue weighted by Gasteiger charge is 2.25. The predicted octanol–water partition coefficient (Wildman–Crippen LogP) is 2.74. The number of sulfonamides is 1. The predicted molar refractivity (Wildman–Crippen MR) is 115 cm³/mol. The lowest BCUT2D eigenvalue weighted by Gasteiger charge is -2.33. The second kappa shape index (κ2) is 9.71. The molecule has 1 N–H and O–H groups in total. The van der Waals surface area contributed by atoms with E-state index in [9.17, 15) is 13.2 Å². The molecule has 0 aliphatic carbocycles. The summed E-state index contributed by atoms with van der Waals surface area (Å²) in [7, 11) is -3.12. The van der Waals surface area contributed by atoms with E-state index in [2.05, 4.69) is 10.2 Å². The number of hydrogen-bond donors (Lipinski definition) is 1. The molecule has 0 atom stereocenters. The molecule has 2 aromatic carbocycles. The van der Waals surface area contributed by atoms with Gasteiger partial charge in [0.05, 0.1) is 5.75 Å². The van der Waals surface area contributed by atoms with Crippen molar-refractivity contribution in [2.75, 3.05) is 31.9 Å². The number of halogens is 1. The van der Waals surface area contributed by atoms with Crippen LogP contribution in [-0.2, 0) is 23.1 Å². The molecule has 3 rings (SSSR count). The molecule has 2 aromatic rings. The van der Waals surface area contributed by atoms with Gasteiger partial charge in [-0.3, -0.25) is 9.69 Å². The van der Waals surface area contributed by atoms with Gasteiger partial charge < -0.3 is 5.32 Å². The fourth-order valence-corrected chi connectivity index (χ4v) is 4.51. The van der Waals surface area contributed by atoms with E-state index in [1.165, 1.54) is 0 Å². The first-order chi connectivity index (χ1) is 13.9. The second-order valence-corrected chi connectivity index (χ2v) is 9.78. The number of carbonyl (C=O) groups is 1. The first kappa shape index (κ1) is 21.8. The summed E-state index contributed by atoms with van der Waals surface area (Å²) in [5.74, 6) is 0.0147. The van der Waals surface area contributed by atoms with Gasteiger partial charge in [-0.15, -0.1) is 0 Å². The lowest BCUT2D eigenvalue weighted by molar-refractivity contribution is 0.0950. The van der Waals surface area contributed by atoms with Crippen LogP contribution in [0.25, 0.3) is 0 Å². The number of rotatable bonds is 7. The van der Waals surface area contributed by atoms with Crippen molar-refractivity contribution in [3.63, 3.8) is 0 Å². The molecule has 1 amide bonds. The van der Waals surface area contributed by atoms with Gasteiger partial charge in [-0.2, -0.15) is 4.31 Å². The molecule has 0 spiro atoms. The number of amides is 1. The van der Waals surface area contributed by atoms with Crippen molar-refractivity contribution in [1.82, 2.24) is 14.5 Å². The Morgan fingerprint density at radius 2 is 1.72 bits per heavy atom. The van der Waals surface area contributed by atoms with Crippen molar-refractivity contribution < 1.29 is 13.2 Å². The summed E-state index contributed by atoms with van der Waals surface area (Å²) in [4.78, 5) is 14.7. The third kappa shape index (κ3) is 6.02. The van der Waals surface area contributed by atoms with E-state index in [1.807, 2.05) is 30.3 Å². The van der Waals surface area contributed by atoms with E-state index in [0.717, 1.165) is 11.1 Å². The van der Waals surface area contributed by atoms with Gasteiger partial charge in [0.1, 0.15) is 0 Å². The van der Waals surface area contributed by atoms with Crippen LogP contribution in [0.5, 0.6) is 0 Å². The SMILES string of the molecule is CCS(=O)(=O)N1CCN(Cc2cccc(C(=O)NCc3ccc(Cl)cc3)c2)CC1. The quantitative estimate of drug-likeness (QED) is 0.726. The third-order valence-corrected chi connectivity index (χ3v) is 7.18. The first-order valence-corrected chi connectivity index (χ1v) is 11.7. The molecule has 1 heterocycles. The summed E-state index contributed by atoms with van der Waals surface area (Å²) < 4.78 is 25.5. The number of piperazine rings is 1. The minimum atomic E-state index is -3.12. The van der Waals surface area contributed by atoms with E-state index < -0.39 is 10.0 Å². The zero-order valence-corrected chi connectivity index (χ0v) is 18.0. The molecule has 0 aromatic heterocycles. The normalized spacial score (nSPS) is 15.9. The number of carbonyl (C=O) groups excluding carboxylic acids is 1. The summed E-state index contributed by atoms with van der Waals surface area (Å²) in [6, 6.07) is 14.9. The van der Waals surface area contributed by atoms with Gasteiger partial charge in [0.15, 0.2) is 0 Å². The van der Waals surface area contributed by atoms with E-state index in [0.29, 0.717) is 49.9 Å². The van der Waals surface area contributed by atoms with Crippen LogP contribution in [0.15, 0.2) is 48.5 Å². The van der Waals surface area contributed by atoms with E-state index in [4.69, 9.17) is 11.6 Å². The Hall–Kier alpha value is -1.93. The Bertz CT molecular complexity index is 940. The number of nitrogens with zero attached hydrogens (tertiary/aromatic N) is 2. The van der Waals surface area contributed by atoms with Crippen LogP contribution in [0.1, 0.15) is 28.4 Å². The minimum absolute atomic E-state index is 0.124. The fourth-order valence-electron chi connectivity index (χ4n) is 3.30. The molecule has 1 saturated heterocycles. The highest BCUT2D eigenvalue weighted by molar-refractivity contribution is 7.89. The molecular weight excluding hydrogens is 410 g/mol. The van der Waals surface area contributed by atoms with E-state index in [-0.39, 0.29) is 11.7 Å². The van der Waals surface area contributed by atoms with Crippen LogP contribution >= 0.6 is 11.6 Å². The van der Waals surface area contributed by atoms with Crippen molar-refractivity contribution in [3.8, 4) is 0 Å². The Morgan fingerprint density at radius 3 is 2.38 bits per heavy atom. The van der Waals surface area contributed by atoms with Crippen LogP contribution in [0.2, 0.25) is 5.02 Å². The van der Waals surface area contributed by atoms with Crippen molar-refractivity contribution >= 4 is 27.5 Å². The van der Waals surface area contributed by atoms with Crippen molar-refractivity contribution in [2.24, 2.45) is 0 Å². The Morgan fingerprint density at radius 1 is 1.03 bits per heavy atom. The zero-order chi connectivity index (χ0) is 20.9. The maximum absolute atomic E-state index is 12.5. The molecule has 1 aliphatic rings. The minimum Gasteiger partial charge on any atom is -0.348 e. The fraction of sp³-hybridized carbons (Fsp3) is 0.381. The van der Waals surface area contributed by atoms with Crippen LogP contribution < -0.4 is 5.32 Å². The largest absolute Gasteiger partial charge is 0.348 e. The molecule has 1 fully saturated rings. The first-order valence-electron chi connectivity index (χ1n) is 9.69. The molecule has 0 unspecified atom stereocenters. The average Bonchev–Trinajstić information content (AvgIpc) is 2.74. The van der Waals surface area contributed by atoms with Gasteiger partial charge in [-0.25, -0.2) is 8.42 Å². The van der Waals surface area contributed by atoms with Gasteiger partial charge >= 0.3 is 0 Å². The zero-order valence-electron chi connectivity index (χ0n) is 16.5. The van der Waals surface area contributed by atoms with Gasteiger partial charge in [-0.1, -0.05) is 35.9 Å². The van der Waals surface area contributed by atoms with Gasteiger partial charge in [-0.05, 0) is 42.3 Å². The highest BCUT2D eigenvalue weighted by Crippen LogP contribution is 2.14. The summed E-state index contributed by atoms with van der Waals surface area (Å²) >= 11 is 5.88. The lowest BCUT2D eigenvalue weighted by Crippen LogP contribution is -2.48. The highest BCUT2D eigenvalue weighted by atomic mass is 35.5. The summed E-state index contributed by atoms with van der Waals surface area (Å²) in [6.07, 6.45) is 0. The maximum Gasteiger partial charge on any atom is 0.251 e. The van der Waals surface area contributed by atoms with Crippen molar-refractivity contribution in [2.45, 2.75) is 20.0 Å². The van der Waals surface area contributed by atoms with Crippen LogP contribution in [-0.4, -0.2) is 55.5 Å². The summed E-state index contributed by atoms with van der Waals surface area (Å²) in [5.41, 5.74) is 2.64. The van der Waals surface area contributed by atoms with Gasteiger partial charge in [0, 0.05) is 49.9 Å². The third-order valence-electron chi connectivity index (χ3n) is 5.05. The average molecular weight is 436 g/mol. The topological polar surface area (TPSA) is 69.7 Å². The van der Waals surface area contributed by atoms with E-state index in [1.54, 1.807) is 29.4 Å². The molecule has 0 radical (unpaired) electrons. The molecule has 29 heavy (non-hydrogen) atoms. The number of hydrogen-bond acceptors (Lipinski definition) is 4. The van der Waals surface area contributed by atoms with E-state index >= 15 is 0 Å². The second-order valence-electron chi connectivity index (χ2n) is 7.09. The standard InChI is InChI=1S/C21H26ClN3O3S/c1-2-29(27,28)25-12-10-24(11-13-25)16-18-4-3-5-19(14-18)21(26)23-15-17-6-8-20(22)9-7-17/h3-9,14H,2,10-13,15-16H2,1H3,(H,23,26).